The van der Waals surface area contributed by atoms with Gasteiger partial charge in [0.25, 0.3) is 0 Å². The molecular formula is H3KO4Si. The molecule has 0 aliphatic carbocycles. The van der Waals surface area contributed by atoms with E-state index in [2.05, 4.69) is 0 Å². The van der Waals surface area contributed by atoms with Gasteiger partial charge >= 0.3 is 60.6 Å². The molecule has 32 valence electrons. The smallest absolute Gasteiger partial charge is 0.870 e. The van der Waals surface area contributed by atoms with Gasteiger partial charge in [-0.1, -0.05) is 0 Å². The predicted octanol–water partition coefficient (Wildman–Crippen LogP) is -4.79. The average Bonchev–Trinajstić information content (AvgIpc) is 0.811. The Morgan fingerprint density at radius 2 is 1.33 bits per heavy atom. The van der Waals surface area contributed by atoms with Gasteiger partial charge < -0.3 is 15.1 Å². The Bertz CT molecular complexity index is 30.5. The first kappa shape index (κ1) is 15.7. The summed E-state index contributed by atoms with van der Waals surface area (Å²) in [5.74, 6) is 0. The maximum absolute atomic E-state index is 8.74. The van der Waals surface area contributed by atoms with Gasteiger partial charge in [0.05, 0.1) is 0 Å². The van der Waals surface area contributed by atoms with Crippen LogP contribution in [0.5, 0.6) is 0 Å². The molecule has 0 aliphatic rings. The van der Waals surface area contributed by atoms with Crippen LogP contribution in [0, 0.1) is 0 Å². The summed E-state index contributed by atoms with van der Waals surface area (Å²) in [6.07, 6.45) is 0. The van der Waals surface area contributed by atoms with Gasteiger partial charge in [-0.25, -0.2) is 0 Å². The zero-order valence-electron chi connectivity index (χ0n) is 3.25. The Morgan fingerprint density at radius 3 is 1.33 bits per heavy atom. The van der Waals surface area contributed by atoms with Gasteiger partial charge in [0.15, 0.2) is 0 Å². The summed E-state index contributed by atoms with van der Waals surface area (Å²) in [5, 5.41) is 0. The summed E-state index contributed by atoms with van der Waals surface area (Å²) < 4.78 is 8.74. The summed E-state index contributed by atoms with van der Waals surface area (Å²) in [4.78, 5) is 14.3. The van der Waals surface area contributed by atoms with E-state index in [0.29, 0.717) is 0 Å². The number of hydrogen-bond donors (Lipinski definition) is 2. The van der Waals surface area contributed by atoms with Gasteiger partial charge in [-0.3, -0.25) is 4.46 Å². The molecule has 0 fully saturated rings. The van der Waals surface area contributed by atoms with E-state index in [1.54, 1.807) is 0 Å². The molecule has 0 aliphatic heterocycles. The van der Waals surface area contributed by atoms with Crippen LogP contribution in [0.1, 0.15) is 0 Å². The monoisotopic (exact) mass is 134 g/mol. The third-order valence-electron chi connectivity index (χ3n) is 0. The zero-order valence-corrected chi connectivity index (χ0v) is 7.37. The maximum Gasteiger partial charge on any atom is 1.00 e. The van der Waals surface area contributed by atoms with Crippen molar-refractivity contribution in [2.24, 2.45) is 0 Å². The standard InChI is InChI=1S/K.H2O3Si.H2O/c;1-4(2)3;/h;1-2H;1H2/q+1;;/p-1. The zero-order chi connectivity index (χ0) is 3.58. The molecule has 4 nitrogen and oxygen atoms in total. The molecule has 0 aromatic rings. The van der Waals surface area contributed by atoms with Crippen molar-refractivity contribution in [2.75, 3.05) is 0 Å². The molecule has 0 aromatic heterocycles. The first-order valence-electron chi connectivity index (χ1n) is 0.651. The van der Waals surface area contributed by atoms with E-state index >= 15 is 0 Å². The molecule has 0 saturated carbocycles. The molecule has 0 aromatic carbocycles. The Labute approximate surface area is 78.8 Å². The van der Waals surface area contributed by atoms with Crippen molar-refractivity contribution in [3.05, 3.63) is 0 Å². The van der Waals surface area contributed by atoms with Crippen molar-refractivity contribution >= 4 is 9.17 Å². The van der Waals surface area contributed by atoms with Crippen LogP contribution in [0.15, 0.2) is 0 Å². The van der Waals surface area contributed by atoms with Gasteiger partial charge in [-0.2, -0.15) is 0 Å². The third kappa shape index (κ3) is 62.9. The molecule has 0 atom stereocenters. The molecule has 6 heteroatoms. The van der Waals surface area contributed by atoms with Crippen LogP contribution in [0.4, 0.5) is 0 Å². The minimum Gasteiger partial charge on any atom is -0.870 e. The molecule has 0 rings (SSSR count). The minimum absolute atomic E-state index is 0. The molecule has 0 saturated heterocycles. The van der Waals surface area contributed by atoms with Crippen molar-refractivity contribution in [2.45, 2.75) is 0 Å². The van der Waals surface area contributed by atoms with E-state index in [1.165, 1.54) is 0 Å². The largest absolute Gasteiger partial charge is 1.00 e. The molecule has 6 heavy (non-hydrogen) atoms. The first-order valence-corrected chi connectivity index (χ1v) is 1.95. The fourth-order valence-electron chi connectivity index (χ4n) is 0. The summed E-state index contributed by atoms with van der Waals surface area (Å²) in [7, 11) is -3.13. The SMILES string of the molecule is O=[Si](O)O.[K+].[OH-]. The Morgan fingerprint density at radius 1 is 1.33 bits per heavy atom. The van der Waals surface area contributed by atoms with E-state index < -0.39 is 9.17 Å². The second-order valence-corrected chi connectivity index (χ2v) is 0.848. The third-order valence-corrected chi connectivity index (χ3v) is 0. The molecule has 3 N–H and O–H groups in total. The Kier molecular flexibility index (Phi) is 24.9. The molecule has 0 radical (unpaired) electrons. The second kappa shape index (κ2) is 9.51. The van der Waals surface area contributed by atoms with Crippen LogP contribution in [0.2, 0.25) is 0 Å². The van der Waals surface area contributed by atoms with E-state index in [9.17, 15) is 0 Å². The predicted molar refractivity (Wildman–Crippen MR) is 12.8 cm³/mol. The molecule has 0 amide bonds. The Balaban J connectivity index is -0.0000000450. The van der Waals surface area contributed by atoms with E-state index in [0.717, 1.165) is 0 Å². The van der Waals surface area contributed by atoms with Crippen molar-refractivity contribution in [3.8, 4) is 0 Å². The second-order valence-electron chi connectivity index (χ2n) is 0.283. The molecule has 0 unspecified atom stereocenters. The molecule has 0 spiro atoms. The average molecular weight is 134 g/mol. The maximum atomic E-state index is 8.74. The number of rotatable bonds is 0. The first-order chi connectivity index (χ1) is 1.73. The van der Waals surface area contributed by atoms with Crippen molar-refractivity contribution in [1.82, 2.24) is 0 Å². The van der Waals surface area contributed by atoms with Crippen molar-refractivity contribution < 1.29 is 70.9 Å². The topological polar surface area (TPSA) is 87.5 Å². The normalized spacial score (nSPS) is 4.00. The molecule has 0 heterocycles. The summed E-state index contributed by atoms with van der Waals surface area (Å²) in [5.41, 5.74) is 0. The van der Waals surface area contributed by atoms with Crippen LogP contribution in [-0.4, -0.2) is 24.2 Å². The quantitative estimate of drug-likeness (QED) is 0.325. The van der Waals surface area contributed by atoms with Crippen LogP contribution in [0.3, 0.4) is 0 Å². The summed E-state index contributed by atoms with van der Waals surface area (Å²) in [6.45, 7) is 0. The number of hydrogen-bond acceptors (Lipinski definition) is 2. The summed E-state index contributed by atoms with van der Waals surface area (Å²) in [6, 6.07) is 0. The van der Waals surface area contributed by atoms with Gasteiger partial charge in [0.1, 0.15) is 0 Å². The minimum atomic E-state index is -3.13. The van der Waals surface area contributed by atoms with Gasteiger partial charge in [-0.05, 0) is 0 Å². The van der Waals surface area contributed by atoms with Crippen LogP contribution in [-0.2, 0) is 4.46 Å². The fourth-order valence-corrected chi connectivity index (χ4v) is 0. The van der Waals surface area contributed by atoms with Gasteiger partial charge in [-0.15, -0.1) is 0 Å². The van der Waals surface area contributed by atoms with Crippen LogP contribution < -0.4 is 51.4 Å². The molecule has 0 bridgehead atoms. The van der Waals surface area contributed by atoms with E-state index in [1.807, 2.05) is 0 Å². The Hall–Kier alpha value is 1.21. The summed E-state index contributed by atoms with van der Waals surface area (Å²) >= 11 is 0. The van der Waals surface area contributed by atoms with Gasteiger partial charge in [0, 0.05) is 0 Å². The molecular weight excluding hydrogens is 131 g/mol. The fraction of sp³-hybridized carbons (Fsp3) is 0. The van der Waals surface area contributed by atoms with E-state index in [-0.39, 0.29) is 56.9 Å². The van der Waals surface area contributed by atoms with Crippen LogP contribution in [0.25, 0.3) is 0 Å². The van der Waals surface area contributed by atoms with Crippen molar-refractivity contribution in [1.29, 1.82) is 0 Å². The van der Waals surface area contributed by atoms with E-state index in [4.69, 9.17) is 14.1 Å². The van der Waals surface area contributed by atoms with Crippen LogP contribution >= 0.6 is 0 Å². The van der Waals surface area contributed by atoms with Gasteiger partial charge in [0.2, 0.25) is 0 Å². The van der Waals surface area contributed by atoms with Crippen molar-refractivity contribution in [3.63, 3.8) is 0 Å².